The van der Waals surface area contributed by atoms with Crippen LogP contribution >= 0.6 is 0 Å². The molecule has 1 unspecified atom stereocenters. The van der Waals surface area contributed by atoms with Crippen molar-refractivity contribution in [3.05, 3.63) is 23.8 Å². The van der Waals surface area contributed by atoms with Crippen LogP contribution in [0, 0.1) is 0 Å². The maximum atomic E-state index is 12.3. The van der Waals surface area contributed by atoms with Crippen LogP contribution in [0.5, 0.6) is 11.5 Å². The van der Waals surface area contributed by atoms with Crippen molar-refractivity contribution in [1.29, 1.82) is 0 Å². The Labute approximate surface area is 137 Å². The predicted octanol–water partition coefficient (Wildman–Crippen LogP) is 2.35. The maximum Gasteiger partial charge on any atom is 0.387 e. The number of benzene rings is 1. The first-order chi connectivity index (χ1) is 11.3. The van der Waals surface area contributed by atoms with Crippen LogP contribution < -0.4 is 14.8 Å². The Morgan fingerprint density at radius 3 is 2.62 bits per heavy atom. The van der Waals surface area contributed by atoms with Crippen molar-refractivity contribution in [2.75, 3.05) is 7.11 Å². The molecule has 1 aromatic rings. The fourth-order valence-electron chi connectivity index (χ4n) is 2.10. The molecule has 0 bridgehead atoms. The van der Waals surface area contributed by atoms with Crippen LogP contribution in [0.1, 0.15) is 25.8 Å². The van der Waals surface area contributed by atoms with Crippen molar-refractivity contribution in [3.63, 3.8) is 0 Å². The molecule has 1 aliphatic rings. The van der Waals surface area contributed by atoms with Gasteiger partial charge in [0.25, 0.3) is 5.91 Å². The number of nitrogens with one attached hydrogen (secondary N) is 1. The van der Waals surface area contributed by atoms with Crippen LogP contribution in [-0.2, 0) is 4.79 Å². The minimum Gasteiger partial charge on any atom is -0.493 e. The van der Waals surface area contributed by atoms with Gasteiger partial charge in [0.05, 0.1) is 13.3 Å². The number of alkyl halides is 2. The van der Waals surface area contributed by atoms with Gasteiger partial charge in [-0.25, -0.2) is 4.79 Å². The fourth-order valence-corrected chi connectivity index (χ4v) is 2.10. The van der Waals surface area contributed by atoms with E-state index in [0.29, 0.717) is 12.0 Å². The second kappa shape index (κ2) is 6.81. The van der Waals surface area contributed by atoms with Gasteiger partial charge in [0, 0.05) is 0 Å². The first kappa shape index (κ1) is 17.6. The second-order valence-electron chi connectivity index (χ2n) is 5.27. The van der Waals surface area contributed by atoms with E-state index in [0.717, 1.165) is 5.01 Å². The van der Waals surface area contributed by atoms with E-state index in [1.165, 1.54) is 31.5 Å². The summed E-state index contributed by atoms with van der Waals surface area (Å²) in [6.07, 6.45) is 1.69. The molecule has 0 saturated carbocycles. The largest absolute Gasteiger partial charge is 0.493 e. The molecule has 2 rings (SSSR count). The zero-order chi connectivity index (χ0) is 17.9. The lowest BCUT2D eigenvalue weighted by Crippen LogP contribution is -2.42. The summed E-state index contributed by atoms with van der Waals surface area (Å²) in [5.74, 6) is -0.510. The summed E-state index contributed by atoms with van der Waals surface area (Å²) in [6.45, 7) is 0.413. The van der Waals surface area contributed by atoms with Crippen LogP contribution in [0.2, 0.25) is 0 Å². The number of halogens is 2. The summed E-state index contributed by atoms with van der Waals surface area (Å²) in [7, 11) is 1.30. The van der Waals surface area contributed by atoms with Crippen LogP contribution in [0.4, 0.5) is 13.6 Å². The molecule has 9 heteroatoms. The van der Waals surface area contributed by atoms with Gasteiger partial charge in [0.1, 0.15) is 5.54 Å². The molecular weight excluding hydrogens is 324 g/mol. The smallest absolute Gasteiger partial charge is 0.387 e. The molecule has 1 aromatic carbocycles. The second-order valence-corrected chi connectivity index (χ2v) is 5.27. The van der Waals surface area contributed by atoms with Gasteiger partial charge >= 0.3 is 12.6 Å². The highest BCUT2D eigenvalue weighted by Crippen LogP contribution is 2.29. The molecule has 0 radical (unpaired) electrons. The minimum atomic E-state index is -2.98. The molecule has 24 heavy (non-hydrogen) atoms. The van der Waals surface area contributed by atoms with Crippen molar-refractivity contribution in [1.82, 2.24) is 10.3 Å². The van der Waals surface area contributed by atoms with Gasteiger partial charge in [-0.3, -0.25) is 4.79 Å². The number of methoxy groups -OCH3 is 1. The van der Waals surface area contributed by atoms with Gasteiger partial charge in [0.2, 0.25) is 0 Å². The first-order valence-electron chi connectivity index (χ1n) is 7.14. The van der Waals surface area contributed by atoms with E-state index in [2.05, 4.69) is 15.2 Å². The Morgan fingerprint density at radius 2 is 2.08 bits per heavy atom. The van der Waals surface area contributed by atoms with Gasteiger partial charge in [0.15, 0.2) is 11.5 Å². The van der Waals surface area contributed by atoms with Gasteiger partial charge in [-0.05, 0) is 37.1 Å². The van der Waals surface area contributed by atoms with Gasteiger partial charge < -0.3 is 14.8 Å². The number of urea groups is 1. The Hall–Kier alpha value is -2.71. The van der Waals surface area contributed by atoms with Crippen molar-refractivity contribution in [3.8, 4) is 11.5 Å². The normalized spacial score (nSPS) is 20.8. The number of ether oxygens (including phenoxy) is 2. The zero-order valence-corrected chi connectivity index (χ0v) is 13.4. The molecule has 1 aliphatic heterocycles. The summed E-state index contributed by atoms with van der Waals surface area (Å²) >= 11 is 0. The lowest BCUT2D eigenvalue weighted by molar-refractivity contribution is -0.130. The molecule has 0 aliphatic carbocycles. The number of hydrogen-bond donors (Lipinski definition) is 1. The highest BCUT2D eigenvalue weighted by Gasteiger charge is 2.46. The molecule has 1 fully saturated rings. The Balaban J connectivity index is 2.20. The Kier molecular flexibility index (Phi) is 5.01. The van der Waals surface area contributed by atoms with E-state index in [4.69, 9.17) is 4.74 Å². The first-order valence-corrected chi connectivity index (χ1v) is 7.14. The average molecular weight is 341 g/mol. The Morgan fingerprint density at radius 1 is 1.38 bits per heavy atom. The lowest BCUT2D eigenvalue weighted by atomic mass is 10.00. The molecule has 7 nitrogen and oxygen atoms in total. The SMILES string of the molecule is CCC1(C)NC(=O)N(N=Cc2ccc(OC(F)F)c(OC)c2)C1=O. The van der Waals surface area contributed by atoms with Crippen LogP contribution in [0.3, 0.4) is 0 Å². The number of carbonyl (C=O) groups excluding carboxylic acids is 2. The number of hydrogen-bond acceptors (Lipinski definition) is 5. The lowest BCUT2D eigenvalue weighted by Gasteiger charge is -2.17. The highest BCUT2D eigenvalue weighted by atomic mass is 19.3. The third-order valence-corrected chi connectivity index (χ3v) is 3.67. The van der Waals surface area contributed by atoms with Crippen molar-refractivity contribution < 1.29 is 27.8 Å². The Bertz CT molecular complexity index is 681. The molecule has 1 heterocycles. The number of rotatable bonds is 6. The van der Waals surface area contributed by atoms with E-state index in [-0.39, 0.29) is 11.5 Å². The molecule has 1 saturated heterocycles. The number of hydrazone groups is 1. The number of amides is 3. The monoisotopic (exact) mass is 341 g/mol. The molecule has 0 aromatic heterocycles. The molecule has 1 atom stereocenters. The average Bonchev–Trinajstić information content (AvgIpc) is 2.76. The maximum absolute atomic E-state index is 12.3. The van der Waals surface area contributed by atoms with Crippen molar-refractivity contribution in [2.45, 2.75) is 32.4 Å². The summed E-state index contributed by atoms with van der Waals surface area (Å²) in [4.78, 5) is 24.0. The molecule has 1 N–H and O–H groups in total. The van der Waals surface area contributed by atoms with Gasteiger partial charge in [-0.15, -0.1) is 5.01 Å². The van der Waals surface area contributed by atoms with E-state index < -0.39 is 24.1 Å². The third kappa shape index (κ3) is 3.44. The van der Waals surface area contributed by atoms with Crippen LogP contribution in [-0.4, -0.2) is 42.4 Å². The van der Waals surface area contributed by atoms with E-state index >= 15 is 0 Å². The van der Waals surface area contributed by atoms with Crippen molar-refractivity contribution >= 4 is 18.2 Å². The third-order valence-electron chi connectivity index (χ3n) is 3.67. The van der Waals surface area contributed by atoms with E-state index in [9.17, 15) is 18.4 Å². The van der Waals surface area contributed by atoms with Crippen LogP contribution in [0.15, 0.2) is 23.3 Å². The summed E-state index contributed by atoms with van der Waals surface area (Å²) in [5, 5.41) is 7.17. The quantitative estimate of drug-likeness (QED) is 0.636. The highest BCUT2D eigenvalue weighted by molar-refractivity contribution is 6.07. The zero-order valence-electron chi connectivity index (χ0n) is 13.4. The molecular formula is C15H17F2N3O4. The van der Waals surface area contributed by atoms with Crippen LogP contribution in [0.25, 0.3) is 0 Å². The summed E-state index contributed by atoms with van der Waals surface area (Å²) in [5.41, 5.74) is -0.541. The summed E-state index contributed by atoms with van der Waals surface area (Å²) < 4.78 is 33.9. The molecule has 3 amide bonds. The molecule has 0 spiro atoms. The van der Waals surface area contributed by atoms with Gasteiger partial charge in [-0.1, -0.05) is 6.92 Å². The summed E-state index contributed by atoms with van der Waals surface area (Å²) in [6, 6.07) is 3.51. The van der Waals surface area contributed by atoms with E-state index in [1.54, 1.807) is 13.8 Å². The number of imide groups is 1. The van der Waals surface area contributed by atoms with Crippen molar-refractivity contribution in [2.24, 2.45) is 5.10 Å². The molecule has 130 valence electrons. The fraction of sp³-hybridized carbons (Fsp3) is 0.400. The number of nitrogens with zero attached hydrogens (tertiary/aromatic N) is 2. The number of carbonyl (C=O) groups is 2. The predicted molar refractivity (Wildman–Crippen MR) is 81.3 cm³/mol. The van der Waals surface area contributed by atoms with Gasteiger partial charge in [-0.2, -0.15) is 13.9 Å². The standard InChI is InChI=1S/C15H17F2N3O4/c1-4-15(2)12(21)20(14(22)19-15)18-8-9-5-6-10(24-13(16)17)11(7-9)23-3/h5-8,13H,4H2,1-3H3,(H,19,22). The topological polar surface area (TPSA) is 80.2 Å². The van der Waals surface area contributed by atoms with E-state index in [1.807, 2.05) is 0 Å². The minimum absolute atomic E-state index is 0.0786.